The van der Waals surface area contributed by atoms with Crippen molar-refractivity contribution >= 4 is 40.4 Å². The number of nitriles is 1. The smallest absolute Gasteiger partial charge is 0.258 e. The summed E-state index contributed by atoms with van der Waals surface area (Å²) in [6, 6.07) is 5.17. The topological polar surface area (TPSA) is 197 Å². The number of nitrogens with one attached hydrogen (secondary N) is 2. The molecule has 12 nitrogen and oxygen atoms in total. The molecule has 0 saturated carbocycles. The van der Waals surface area contributed by atoms with Gasteiger partial charge in [0.1, 0.15) is 6.04 Å². The van der Waals surface area contributed by atoms with Crippen LogP contribution in [0.25, 0.3) is 0 Å². The first-order chi connectivity index (χ1) is 18.2. The van der Waals surface area contributed by atoms with Crippen molar-refractivity contribution in [2.24, 2.45) is 11.5 Å². The van der Waals surface area contributed by atoms with Crippen LogP contribution in [0.15, 0.2) is 12.1 Å². The summed E-state index contributed by atoms with van der Waals surface area (Å²) in [6.45, 7) is 2.59. The Kier molecular flexibility index (Phi) is 6.99. The van der Waals surface area contributed by atoms with Gasteiger partial charge >= 0.3 is 0 Å². The van der Waals surface area contributed by atoms with Crippen molar-refractivity contribution in [2.75, 3.05) is 13.1 Å². The van der Waals surface area contributed by atoms with Crippen molar-refractivity contribution in [3.05, 3.63) is 48.6 Å². The van der Waals surface area contributed by atoms with E-state index in [0.29, 0.717) is 47.8 Å². The van der Waals surface area contributed by atoms with Gasteiger partial charge in [0, 0.05) is 22.3 Å². The highest BCUT2D eigenvalue weighted by molar-refractivity contribution is 7.15. The molecule has 4 heterocycles. The van der Waals surface area contributed by atoms with Gasteiger partial charge in [-0.25, -0.2) is 0 Å². The average molecular weight is 554 g/mol. The number of carbonyl (C=O) groups excluding carboxylic acids is 3. The van der Waals surface area contributed by atoms with Gasteiger partial charge in [0.05, 0.1) is 27.8 Å². The average Bonchev–Trinajstić information content (AvgIpc) is 3.70. The third kappa shape index (κ3) is 4.46. The summed E-state index contributed by atoms with van der Waals surface area (Å²) >= 11 is 2.63. The monoisotopic (exact) mass is 553 g/mol. The zero-order valence-corrected chi connectivity index (χ0v) is 22.3. The highest BCUT2D eigenvalue weighted by Crippen LogP contribution is 2.51. The van der Waals surface area contributed by atoms with Gasteiger partial charge < -0.3 is 21.7 Å². The molecule has 0 aromatic carbocycles. The molecule has 3 atom stereocenters. The van der Waals surface area contributed by atoms with Crippen LogP contribution in [-0.2, 0) is 23.1 Å². The molecule has 14 heteroatoms. The number of hydrogen-bond donors (Lipinski definition) is 4. The molecule has 1 saturated heterocycles. The number of fused-ring (bicyclic) bond motifs is 2. The number of primary amides is 2. The Morgan fingerprint density at radius 3 is 2.71 bits per heavy atom. The summed E-state index contributed by atoms with van der Waals surface area (Å²) in [7, 11) is 0. The Balaban J connectivity index is 1.56. The molecular weight excluding hydrogens is 526 g/mol. The molecule has 1 aliphatic heterocycles. The molecule has 1 fully saturated rings. The van der Waals surface area contributed by atoms with E-state index in [1.54, 1.807) is 11.0 Å². The molecule has 38 heavy (non-hydrogen) atoms. The largest absolute Gasteiger partial charge is 0.365 e. The van der Waals surface area contributed by atoms with Crippen LogP contribution >= 0.6 is 22.7 Å². The van der Waals surface area contributed by atoms with E-state index >= 15 is 0 Å². The number of aromatic amines is 1. The van der Waals surface area contributed by atoms with Gasteiger partial charge in [0.2, 0.25) is 5.91 Å². The lowest BCUT2D eigenvalue weighted by molar-refractivity contribution is -0.130. The molecular formula is C24H27N9O3S2. The van der Waals surface area contributed by atoms with E-state index in [0.717, 1.165) is 27.3 Å². The second-order valence-corrected chi connectivity index (χ2v) is 11.8. The maximum absolute atomic E-state index is 12.9. The number of hydrogen-bond acceptors (Lipinski definition) is 10. The lowest BCUT2D eigenvalue weighted by atomic mass is 9.73. The van der Waals surface area contributed by atoms with E-state index in [9.17, 15) is 19.6 Å². The van der Waals surface area contributed by atoms with Crippen LogP contribution in [0.1, 0.15) is 72.2 Å². The van der Waals surface area contributed by atoms with Gasteiger partial charge in [-0.15, -0.1) is 32.9 Å². The predicted molar refractivity (Wildman–Crippen MR) is 140 cm³/mol. The number of amides is 3. The second-order valence-electron chi connectivity index (χ2n) is 9.64. The molecule has 3 aromatic rings. The normalized spacial score (nSPS) is 21.3. The number of rotatable bonds is 8. The number of nitrogens with two attached hydrogens (primary N) is 2. The summed E-state index contributed by atoms with van der Waals surface area (Å²) in [5.74, 6) is -0.792. The minimum atomic E-state index is -0.977. The summed E-state index contributed by atoms with van der Waals surface area (Å²) in [5, 5.41) is 27.8. The maximum Gasteiger partial charge on any atom is 0.258 e. The van der Waals surface area contributed by atoms with Gasteiger partial charge in [-0.05, 0) is 62.3 Å². The molecule has 0 bridgehead atoms. The van der Waals surface area contributed by atoms with Crippen LogP contribution in [0.3, 0.4) is 0 Å². The van der Waals surface area contributed by atoms with Crippen LogP contribution in [0.5, 0.6) is 0 Å². The van der Waals surface area contributed by atoms with Crippen molar-refractivity contribution < 1.29 is 14.4 Å². The Morgan fingerprint density at radius 2 is 2.03 bits per heavy atom. The standard InChI is InChI=1S/C24H27N9O3S2/c1-12(28-11-19(34)33-6-2-3-14(33)10-25)9-24(23-29-31-32-30-23)15-8-18(22(27)36)37-16(15)5-4-13-7-17(21(26)35)38-20(13)24/h7-8,12,14,28H,2-6,9,11H2,1H3,(H2,26,35)(H2,27,36)(H,29,30,31,32)/t12-,14+,24?/m1/s1. The van der Waals surface area contributed by atoms with Crippen LogP contribution in [-0.4, -0.2) is 68.4 Å². The van der Waals surface area contributed by atoms with Gasteiger partial charge in [0.25, 0.3) is 11.8 Å². The minimum absolute atomic E-state index is 0.0640. The number of aromatic nitrogens is 4. The van der Waals surface area contributed by atoms with E-state index in [1.165, 1.54) is 22.7 Å². The molecule has 2 aliphatic rings. The fourth-order valence-corrected chi connectivity index (χ4v) is 7.88. The van der Waals surface area contributed by atoms with E-state index < -0.39 is 23.3 Å². The van der Waals surface area contributed by atoms with Crippen LogP contribution in [0, 0.1) is 11.3 Å². The Labute approximate surface area is 226 Å². The molecule has 198 valence electrons. The summed E-state index contributed by atoms with van der Waals surface area (Å²) < 4.78 is 0. The first-order valence-corrected chi connectivity index (χ1v) is 13.9. The molecule has 3 aromatic heterocycles. The number of H-pyrrole nitrogens is 1. The number of nitrogens with zero attached hydrogens (tertiary/aromatic N) is 5. The molecule has 0 spiro atoms. The zero-order chi connectivity index (χ0) is 27.0. The third-order valence-corrected chi connectivity index (χ3v) is 9.80. The van der Waals surface area contributed by atoms with E-state index in [1.807, 2.05) is 13.0 Å². The van der Waals surface area contributed by atoms with Crippen molar-refractivity contribution in [1.82, 2.24) is 30.8 Å². The molecule has 0 radical (unpaired) electrons. The van der Waals surface area contributed by atoms with E-state index in [4.69, 9.17) is 11.5 Å². The SMILES string of the molecule is C[C@H](CC1(c2nn[nH]n2)c2cc(C(N)=O)sc2CCc2cc(C(N)=O)sc21)NCC(=O)N1CCC[C@H]1C#N. The lowest BCUT2D eigenvalue weighted by Gasteiger charge is -2.33. The lowest BCUT2D eigenvalue weighted by Crippen LogP contribution is -2.45. The van der Waals surface area contributed by atoms with Gasteiger partial charge in [-0.3, -0.25) is 14.4 Å². The number of likely N-dealkylation sites (tertiary alicyclic amines) is 1. The van der Waals surface area contributed by atoms with Gasteiger partial charge in [-0.2, -0.15) is 10.5 Å². The minimum Gasteiger partial charge on any atom is -0.365 e. The third-order valence-electron chi connectivity index (χ3n) is 7.24. The van der Waals surface area contributed by atoms with Crippen LogP contribution in [0.4, 0.5) is 0 Å². The summed E-state index contributed by atoms with van der Waals surface area (Å²) in [6.07, 6.45) is 3.17. The van der Waals surface area contributed by atoms with E-state index in [2.05, 4.69) is 32.0 Å². The summed E-state index contributed by atoms with van der Waals surface area (Å²) in [5.41, 5.74) is 12.1. The highest BCUT2D eigenvalue weighted by Gasteiger charge is 2.48. The molecule has 5 rings (SSSR count). The second kappa shape index (κ2) is 10.2. The summed E-state index contributed by atoms with van der Waals surface area (Å²) in [4.78, 5) is 41.5. The number of thiophene rings is 2. The number of tetrazole rings is 1. The molecule has 6 N–H and O–H groups in total. The molecule has 1 unspecified atom stereocenters. The highest BCUT2D eigenvalue weighted by atomic mass is 32.1. The van der Waals surface area contributed by atoms with Gasteiger partial charge in [-0.1, -0.05) is 5.21 Å². The number of carbonyl (C=O) groups is 3. The first kappa shape index (κ1) is 26.0. The van der Waals surface area contributed by atoms with Crippen LogP contribution in [0.2, 0.25) is 0 Å². The van der Waals surface area contributed by atoms with Crippen molar-refractivity contribution in [3.63, 3.8) is 0 Å². The Hall–Kier alpha value is -3.67. The van der Waals surface area contributed by atoms with E-state index in [-0.39, 0.29) is 18.5 Å². The van der Waals surface area contributed by atoms with Crippen molar-refractivity contribution in [3.8, 4) is 6.07 Å². The Bertz CT molecular complexity index is 1360. The van der Waals surface area contributed by atoms with Crippen LogP contribution < -0.4 is 16.8 Å². The van der Waals surface area contributed by atoms with Crippen molar-refractivity contribution in [1.29, 1.82) is 5.26 Å². The van der Waals surface area contributed by atoms with Crippen molar-refractivity contribution in [2.45, 2.75) is 56.5 Å². The fourth-order valence-electron chi connectivity index (χ4n) is 5.52. The fraction of sp³-hybridized carbons (Fsp3) is 0.458. The Morgan fingerprint density at radius 1 is 1.26 bits per heavy atom. The predicted octanol–water partition coefficient (Wildman–Crippen LogP) is 0.836. The molecule has 1 aliphatic carbocycles. The quantitative estimate of drug-likeness (QED) is 0.314. The number of aryl methyl sites for hydroxylation is 2. The maximum atomic E-state index is 12.9. The van der Waals surface area contributed by atoms with Gasteiger partial charge in [0.15, 0.2) is 5.82 Å². The zero-order valence-electron chi connectivity index (χ0n) is 20.7. The molecule has 3 amide bonds. The first-order valence-electron chi connectivity index (χ1n) is 12.3.